The Morgan fingerprint density at radius 2 is 1.09 bits per heavy atom. The molecule has 3 aromatic rings. The molecule has 0 aliphatic carbocycles. The Kier molecular flexibility index (Phi) is 4.88. The van der Waals surface area contributed by atoms with Gasteiger partial charge in [0.05, 0.1) is 0 Å². The van der Waals surface area contributed by atoms with Crippen LogP contribution in [-0.2, 0) is 4.43 Å². The maximum Gasteiger partial charge on any atom is 0.406 e. The normalized spacial score (nSPS) is 11.2. The van der Waals surface area contributed by atoms with E-state index in [0.717, 1.165) is 10.4 Å². The molecule has 3 aromatic carbocycles. The van der Waals surface area contributed by atoms with Gasteiger partial charge < -0.3 is 14.0 Å². The molecule has 0 radical (unpaired) electrons. The first-order valence-corrected chi connectivity index (χ1v) is 9.30. The molecule has 0 saturated heterocycles. The summed E-state index contributed by atoms with van der Waals surface area (Å²) in [5.74, 6) is 0.713. The molecule has 4 heteroatoms. The van der Waals surface area contributed by atoms with Gasteiger partial charge in [-0.2, -0.15) is 0 Å². The van der Waals surface area contributed by atoms with Gasteiger partial charge in [0.15, 0.2) is 6.79 Å². The van der Waals surface area contributed by atoms with Gasteiger partial charge >= 0.3 is 8.56 Å². The lowest BCUT2D eigenvalue weighted by Crippen LogP contribution is -2.61. The Balaban J connectivity index is 1.82. The molecule has 0 fully saturated rings. The van der Waals surface area contributed by atoms with Crippen molar-refractivity contribution in [2.24, 2.45) is 0 Å². The maximum atomic E-state index is 11.3. The number of hydrogen-bond acceptors (Lipinski definition) is 3. The number of ether oxygens (including phenoxy) is 1. The van der Waals surface area contributed by atoms with Crippen LogP contribution in [0.3, 0.4) is 0 Å². The first-order chi connectivity index (χ1) is 11.3. The van der Waals surface area contributed by atoms with E-state index in [1.807, 2.05) is 91.0 Å². The Morgan fingerprint density at radius 1 is 0.652 bits per heavy atom. The van der Waals surface area contributed by atoms with Gasteiger partial charge in [0.2, 0.25) is 0 Å². The molecule has 0 aromatic heterocycles. The van der Waals surface area contributed by atoms with Crippen LogP contribution < -0.4 is 15.1 Å². The van der Waals surface area contributed by atoms with Crippen LogP contribution in [0.4, 0.5) is 0 Å². The van der Waals surface area contributed by atoms with Crippen LogP contribution in [0.2, 0.25) is 0 Å². The first kappa shape index (κ1) is 15.5. The van der Waals surface area contributed by atoms with Crippen LogP contribution in [0.15, 0.2) is 91.0 Å². The van der Waals surface area contributed by atoms with E-state index in [2.05, 4.69) is 0 Å². The zero-order valence-electron chi connectivity index (χ0n) is 12.6. The lowest BCUT2D eigenvalue weighted by atomic mass is 10.3. The van der Waals surface area contributed by atoms with E-state index in [4.69, 9.17) is 9.16 Å². The Hall–Kier alpha value is -2.40. The third-order valence-corrected chi connectivity index (χ3v) is 6.33. The summed E-state index contributed by atoms with van der Waals surface area (Å²) in [5, 5.41) is 1.59. The average Bonchev–Trinajstić information content (AvgIpc) is 2.64. The summed E-state index contributed by atoms with van der Waals surface area (Å²) >= 11 is 0. The van der Waals surface area contributed by atoms with Gasteiger partial charge in [-0.3, -0.25) is 0 Å². The van der Waals surface area contributed by atoms with Crippen molar-refractivity contribution in [1.29, 1.82) is 0 Å². The van der Waals surface area contributed by atoms with Crippen molar-refractivity contribution >= 4 is 18.9 Å². The molecule has 23 heavy (non-hydrogen) atoms. The monoisotopic (exact) mass is 322 g/mol. The van der Waals surface area contributed by atoms with Crippen molar-refractivity contribution in [3.63, 3.8) is 0 Å². The summed E-state index contributed by atoms with van der Waals surface area (Å²) < 4.78 is 11.5. The fourth-order valence-corrected chi connectivity index (χ4v) is 4.55. The standard InChI is InChI=1S/C19H18O3Si/c20-23(18-12-6-2-7-13-18,19-14-8-3-9-15-19)22-16-21-17-10-4-1-5-11-17/h1-15,20H,16H2. The zero-order valence-corrected chi connectivity index (χ0v) is 13.6. The van der Waals surface area contributed by atoms with Crippen LogP contribution in [0.25, 0.3) is 0 Å². The summed E-state index contributed by atoms with van der Waals surface area (Å²) in [5.41, 5.74) is 0. The quantitative estimate of drug-likeness (QED) is 0.559. The second-order valence-electron chi connectivity index (χ2n) is 5.10. The molecule has 0 saturated carbocycles. The SMILES string of the molecule is O[Si](OCOc1ccccc1)(c1ccccc1)c1ccccc1. The molecule has 0 spiro atoms. The fourth-order valence-electron chi connectivity index (χ4n) is 2.36. The number of benzene rings is 3. The molecule has 0 atom stereocenters. The minimum absolute atomic E-state index is 0.00345. The topological polar surface area (TPSA) is 38.7 Å². The highest BCUT2D eigenvalue weighted by atomic mass is 28.4. The van der Waals surface area contributed by atoms with Crippen LogP contribution in [-0.4, -0.2) is 20.1 Å². The highest BCUT2D eigenvalue weighted by Crippen LogP contribution is 2.10. The summed E-state index contributed by atoms with van der Waals surface area (Å²) in [6.07, 6.45) is 0. The first-order valence-electron chi connectivity index (χ1n) is 7.44. The van der Waals surface area contributed by atoms with Crippen molar-refractivity contribution in [3.05, 3.63) is 91.0 Å². The van der Waals surface area contributed by atoms with Crippen molar-refractivity contribution in [1.82, 2.24) is 0 Å². The molecular weight excluding hydrogens is 304 g/mol. The van der Waals surface area contributed by atoms with Crippen molar-refractivity contribution in [2.75, 3.05) is 6.79 Å². The van der Waals surface area contributed by atoms with Gasteiger partial charge in [-0.1, -0.05) is 78.9 Å². The van der Waals surface area contributed by atoms with Gasteiger partial charge in [0, 0.05) is 0 Å². The van der Waals surface area contributed by atoms with Crippen molar-refractivity contribution in [2.45, 2.75) is 0 Å². The Morgan fingerprint density at radius 3 is 1.57 bits per heavy atom. The maximum absolute atomic E-state index is 11.3. The second kappa shape index (κ2) is 7.24. The van der Waals surface area contributed by atoms with Gasteiger partial charge in [0.1, 0.15) is 5.75 Å². The fraction of sp³-hybridized carbons (Fsp3) is 0.0526. The van der Waals surface area contributed by atoms with Gasteiger partial charge in [0.25, 0.3) is 0 Å². The summed E-state index contributed by atoms with van der Waals surface area (Å²) in [6, 6.07) is 28.4. The van der Waals surface area contributed by atoms with E-state index in [0.29, 0.717) is 5.75 Å². The van der Waals surface area contributed by atoms with E-state index in [9.17, 15) is 4.80 Å². The summed E-state index contributed by atoms with van der Waals surface area (Å²) in [6.45, 7) is -0.00345. The van der Waals surface area contributed by atoms with Gasteiger partial charge in [-0.15, -0.1) is 0 Å². The molecule has 0 amide bonds. The molecule has 0 bridgehead atoms. The number of hydrogen-bond donors (Lipinski definition) is 1. The minimum atomic E-state index is -3.28. The third kappa shape index (κ3) is 3.68. The highest BCUT2D eigenvalue weighted by molar-refractivity contribution is 6.91. The molecule has 1 N–H and O–H groups in total. The third-order valence-electron chi connectivity index (χ3n) is 3.57. The predicted octanol–water partition coefficient (Wildman–Crippen LogP) is 2.29. The van der Waals surface area contributed by atoms with Crippen molar-refractivity contribution < 1.29 is 14.0 Å². The Labute approximate surface area is 137 Å². The Bertz CT molecular complexity index is 678. The summed E-state index contributed by atoms with van der Waals surface area (Å²) in [7, 11) is -3.28. The number of para-hydroxylation sites is 1. The molecule has 0 aliphatic heterocycles. The molecule has 0 heterocycles. The predicted molar refractivity (Wildman–Crippen MR) is 93.1 cm³/mol. The lowest BCUT2D eigenvalue weighted by Gasteiger charge is -2.25. The smallest absolute Gasteiger partial charge is 0.406 e. The largest absolute Gasteiger partial charge is 0.468 e. The lowest BCUT2D eigenvalue weighted by molar-refractivity contribution is 0.0957. The highest BCUT2D eigenvalue weighted by Gasteiger charge is 2.39. The van der Waals surface area contributed by atoms with E-state index in [1.165, 1.54) is 0 Å². The van der Waals surface area contributed by atoms with Crippen molar-refractivity contribution in [3.8, 4) is 5.75 Å². The molecule has 3 rings (SSSR count). The second-order valence-corrected chi connectivity index (χ2v) is 7.83. The minimum Gasteiger partial charge on any atom is -0.468 e. The number of rotatable bonds is 6. The molecule has 0 unspecified atom stereocenters. The van der Waals surface area contributed by atoms with E-state index in [-0.39, 0.29) is 6.79 Å². The molecule has 3 nitrogen and oxygen atoms in total. The van der Waals surface area contributed by atoms with E-state index >= 15 is 0 Å². The van der Waals surface area contributed by atoms with E-state index in [1.54, 1.807) is 0 Å². The zero-order chi connectivity index (χ0) is 16.0. The molecular formula is C19H18O3Si. The van der Waals surface area contributed by atoms with E-state index < -0.39 is 8.56 Å². The van der Waals surface area contributed by atoms with Gasteiger partial charge in [-0.05, 0) is 22.5 Å². The molecule has 0 aliphatic rings. The van der Waals surface area contributed by atoms with Crippen LogP contribution in [0, 0.1) is 0 Å². The van der Waals surface area contributed by atoms with Crippen LogP contribution in [0.5, 0.6) is 5.75 Å². The van der Waals surface area contributed by atoms with Crippen LogP contribution >= 0.6 is 0 Å². The summed E-state index contributed by atoms with van der Waals surface area (Å²) in [4.78, 5) is 11.3. The van der Waals surface area contributed by atoms with Crippen LogP contribution in [0.1, 0.15) is 0 Å². The average molecular weight is 322 g/mol. The molecule has 116 valence electrons. The van der Waals surface area contributed by atoms with Gasteiger partial charge in [-0.25, -0.2) is 0 Å².